The average molecular weight is 262 g/mol. The molecule has 2 heterocycles. The number of hydrogen-bond donors (Lipinski definition) is 0. The lowest BCUT2D eigenvalue weighted by Crippen LogP contribution is -1.99. The first-order chi connectivity index (χ1) is 9.72. The van der Waals surface area contributed by atoms with Gasteiger partial charge in [-0.15, -0.1) is 0 Å². The predicted molar refractivity (Wildman–Crippen MR) is 78.1 cm³/mol. The quantitative estimate of drug-likeness (QED) is 0.712. The lowest BCUT2D eigenvalue weighted by molar-refractivity contribution is 0.792. The Hall–Kier alpha value is -2.67. The zero-order chi connectivity index (χ0) is 14.1. The van der Waals surface area contributed by atoms with Crippen LogP contribution in [0.4, 0.5) is 0 Å². The van der Waals surface area contributed by atoms with Gasteiger partial charge in [0.15, 0.2) is 5.82 Å². The van der Waals surface area contributed by atoms with Gasteiger partial charge in [0.1, 0.15) is 5.69 Å². The van der Waals surface area contributed by atoms with Crippen LogP contribution in [0.3, 0.4) is 0 Å². The van der Waals surface area contributed by atoms with E-state index in [0.717, 1.165) is 34.8 Å². The van der Waals surface area contributed by atoms with E-state index >= 15 is 0 Å². The highest BCUT2D eigenvalue weighted by molar-refractivity contribution is 5.81. The Balaban J connectivity index is 2.28. The third kappa shape index (κ3) is 1.94. The molecule has 2 aromatic heterocycles. The van der Waals surface area contributed by atoms with Crippen molar-refractivity contribution in [2.75, 3.05) is 0 Å². The summed E-state index contributed by atoms with van der Waals surface area (Å²) in [6, 6.07) is 13.7. The van der Waals surface area contributed by atoms with Gasteiger partial charge in [0, 0.05) is 12.2 Å². The topological polar surface area (TPSA) is 54.5 Å². The number of nitriles is 1. The summed E-state index contributed by atoms with van der Waals surface area (Å²) in [5, 5.41) is 8.99. The molecule has 0 aliphatic rings. The number of hydrogen-bond acceptors (Lipinski definition) is 3. The van der Waals surface area contributed by atoms with Crippen molar-refractivity contribution >= 4 is 11.0 Å². The largest absolute Gasteiger partial charge is 0.323 e. The van der Waals surface area contributed by atoms with Gasteiger partial charge in [0.2, 0.25) is 0 Å². The van der Waals surface area contributed by atoms with Crippen LogP contribution in [0.1, 0.15) is 18.2 Å². The lowest BCUT2D eigenvalue weighted by Gasteiger charge is -2.05. The first kappa shape index (κ1) is 12.4. The van der Waals surface area contributed by atoms with Crippen LogP contribution < -0.4 is 0 Å². The molecule has 0 fully saturated rings. The van der Waals surface area contributed by atoms with Gasteiger partial charge in [-0.1, -0.05) is 6.07 Å². The number of imidazole rings is 1. The van der Waals surface area contributed by atoms with Crippen molar-refractivity contribution < 1.29 is 0 Å². The van der Waals surface area contributed by atoms with Crippen molar-refractivity contribution in [3.05, 3.63) is 47.7 Å². The van der Waals surface area contributed by atoms with Crippen molar-refractivity contribution in [1.82, 2.24) is 14.5 Å². The standard InChI is InChI=1S/C16H14N4/c1-3-20-15-8-7-12(10-17)9-14(15)19-16(20)13-6-4-5-11(2)18-13/h4-9H,3H2,1-2H3. The van der Waals surface area contributed by atoms with Crippen LogP contribution in [0.2, 0.25) is 0 Å². The highest BCUT2D eigenvalue weighted by Gasteiger charge is 2.12. The first-order valence-electron chi connectivity index (χ1n) is 6.57. The Labute approximate surface area is 117 Å². The number of aromatic nitrogens is 3. The van der Waals surface area contributed by atoms with E-state index in [9.17, 15) is 0 Å². The minimum atomic E-state index is 0.627. The lowest BCUT2D eigenvalue weighted by atomic mass is 10.2. The zero-order valence-corrected chi connectivity index (χ0v) is 11.5. The van der Waals surface area contributed by atoms with Crippen LogP contribution in [-0.2, 0) is 6.54 Å². The highest BCUT2D eigenvalue weighted by Crippen LogP contribution is 2.24. The van der Waals surface area contributed by atoms with Crippen molar-refractivity contribution in [2.24, 2.45) is 0 Å². The van der Waals surface area contributed by atoms with E-state index in [4.69, 9.17) is 5.26 Å². The molecule has 98 valence electrons. The summed E-state index contributed by atoms with van der Waals surface area (Å²) in [6.07, 6.45) is 0. The number of nitrogens with zero attached hydrogens (tertiary/aromatic N) is 4. The highest BCUT2D eigenvalue weighted by atomic mass is 15.1. The SMILES string of the molecule is CCn1c(-c2cccc(C)n2)nc2cc(C#N)ccc21. The monoisotopic (exact) mass is 262 g/mol. The smallest absolute Gasteiger partial charge is 0.159 e. The molecular formula is C16H14N4. The molecule has 20 heavy (non-hydrogen) atoms. The summed E-state index contributed by atoms with van der Waals surface area (Å²) in [7, 11) is 0. The maximum absolute atomic E-state index is 8.99. The fourth-order valence-electron chi connectivity index (χ4n) is 2.38. The van der Waals surface area contributed by atoms with Gasteiger partial charge in [-0.2, -0.15) is 5.26 Å². The summed E-state index contributed by atoms with van der Waals surface area (Å²) in [6.45, 7) is 4.86. The molecule has 0 aliphatic heterocycles. The van der Waals surface area contributed by atoms with E-state index in [1.807, 2.05) is 43.3 Å². The van der Waals surface area contributed by atoms with Gasteiger partial charge in [0.25, 0.3) is 0 Å². The van der Waals surface area contributed by atoms with Gasteiger partial charge < -0.3 is 4.57 Å². The Bertz CT molecular complexity index is 824. The van der Waals surface area contributed by atoms with Crippen LogP contribution in [-0.4, -0.2) is 14.5 Å². The molecule has 0 atom stereocenters. The van der Waals surface area contributed by atoms with Crippen LogP contribution >= 0.6 is 0 Å². The molecule has 0 saturated heterocycles. The van der Waals surface area contributed by atoms with E-state index in [-0.39, 0.29) is 0 Å². The van der Waals surface area contributed by atoms with Crippen LogP contribution in [0.5, 0.6) is 0 Å². The maximum Gasteiger partial charge on any atom is 0.159 e. The third-order valence-electron chi connectivity index (χ3n) is 3.31. The fourth-order valence-corrected chi connectivity index (χ4v) is 2.38. The molecule has 4 heteroatoms. The molecule has 0 spiro atoms. The molecule has 0 unspecified atom stereocenters. The van der Waals surface area contributed by atoms with Gasteiger partial charge in [-0.25, -0.2) is 9.97 Å². The molecular weight excluding hydrogens is 248 g/mol. The summed E-state index contributed by atoms with van der Waals surface area (Å²) >= 11 is 0. The Morgan fingerprint density at radius 2 is 2.05 bits per heavy atom. The molecule has 0 saturated carbocycles. The zero-order valence-electron chi connectivity index (χ0n) is 11.5. The van der Waals surface area contributed by atoms with Crippen molar-refractivity contribution in [2.45, 2.75) is 20.4 Å². The van der Waals surface area contributed by atoms with E-state index in [1.165, 1.54) is 0 Å². The number of pyridine rings is 1. The van der Waals surface area contributed by atoms with E-state index < -0.39 is 0 Å². The summed E-state index contributed by atoms with van der Waals surface area (Å²) < 4.78 is 2.12. The maximum atomic E-state index is 8.99. The molecule has 0 aliphatic carbocycles. The number of aryl methyl sites for hydroxylation is 2. The summed E-state index contributed by atoms with van der Waals surface area (Å²) in [5.41, 5.74) is 4.33. The average Bonchev–Trinajstić information content (AvgIpc) is 2.84. The summed E-state index contributed by atoms with van der Waals surface area (Å²) in [5.74, 6) is 0.848. The Morgan fingerprint density at radius 1 is 1.20 bits per heavy atom. The van der Waals surface area contributed by atoms with Crippen LogP contribution in [0.15, 0.2) is 36.4 Å². The predicted octanol–water partition coefficient (Wildman–Crippen LogP) is 3.30. The Morgan fingerprint density at radius 3 is 2.75 bits per heavy atom. The molecule has 4 nitrogen and oxygen atoms in total. The number of fused-ring (bicyclic) bond motifs is 1. The van der Waals surface area contributed by atoms with Crippen molar-refractivity contribution in [1.29, 1.82) is 5.26 Å². The molecule has 0 N–H and O–H groups in total. The van der Waals surface area contributed by atoms with E-state index in [2.05, 4.69) is 27.5 Å². The third-order valence-corrected chi connectivity index (χ3v) is 3.31. The minimum absolute atomic E-state index is 0.627. The number of benzene rings is 1. The second-order valence-corrected chi connectivity index (χ2v) is 4.66. The van der Waals surface area contributed by atoms with E-state index in [1.54, 1.807) is 0 Å². The van der Waals surface area contributed by atoms with Crippen molar-refractivity contribution in [3.8, 4) is 17.6 Å². The van der Waals surface area contributed by atoms with Crippen molar-refractivity contribution in [3.63, 3.8) is 0 Å². The Kier molecular flexibility index (Phi) is 2.96. The normalized spacial score (nSPS) is 10.7. The van der Waals surface area contributed by atoms with Crippen LogP contribution in [0.25, 0.3) is 22.6 Å². The molecule has 0 radical (unpaired) electrons. The van der Waals surface area contributed by atoms with Gasteiger partial charge in [-0.3, -0.25) is 0 Å². The molecule has 3 rings (SSSR count). The molecule has 1 aromatic carbocycles. The van der Waals surface area contributed by atoms with Gasteiger partial charge in [-0.05, 0) is 44.2 Å². The first-order valence-corrected chi connectivity index (χ1v) is 6.57. The molecule has 0 bridgehead atoms. The van der Waals surface area contributed by atoms with E-state index in [0.29, 0.717) is 5.56 Å². The molecule has 0 amide bonds. The summed E-state index contributed by atoms with van der Waals surface area (Å²) in [4.78, 5) is 9.19. The fraction of sp³-hybridized carbons (Fsp3) is 0.188. The second-order valence-electron chi connectivity index (χ2n) is 4.66. The number of rotatable bonds is 2. The molecule has 3 aromatic rings. The van der Waals surface area contributed by atoms with Gasteiger partial charge >= 0.3 is 0 Å². The van der Waals surface area contributed by atoms with Crippen LogP contribution in [0, 0.1) is 18.3 Å². The second kappa shape index (κ2) is 4.78. The minimum Gasteiger partial charge on any atom is -0.323 e. The van der Waals surface area contributed by atoms with Gasteiger partial charge in [0.05, 0.1) is 22.7 Å².